The van der Waals surface area contributed by atoms with Gasteiger partial charge in [0.2, 0.25) is 9.04 Å². The highest BCUT2D eigenvalue weighted by Crippen LogP contribution is 2.11. The molecule has 91 valence electrons. The Morgan fingerprint density at radius 2 is 1.13 bits per heavy atom. The molecule has 1 atom stereocenters. The van der Waals surface area contributed by atoms with E-state index in [2.05, 4.69) is 6.92 Å². The molecule has 0 rings (SSSR count). The van der Waals surface area contributed by atoms with Crippen LogP contribution < -0.4 is 0 Å². The molecule has 1 radical (unpaired) electrons. The molecule has 2 heteroatoms. The van der Waals surface area contributed by atoms with Crippen molar-refractivity contribution in [3.8, 4) is 0 Å². The van der Waals surface area contributed by atoms with Crippen LogP contribution in [0.3, 0.4) is 0 Å². The Hall–Kier alpha value is 0.177. The first-order valence-electron chi connectivity index (χ1n) is 6.93. The van der Waals surface area contributed by atoms with E-state index in [9.17, 15) is 4.80 Å². The molecular formula is C13H29OSi. The Labute approximate surface area is 98.0 Å². The number of hydrogen-bond acceptors (Lipinski definition) is 0. The van der Waals surface area contributed by atoms with Gasteiger partial charge in [-0.1, -0.05) is 71.1 Å². The fourth-order valence-electron chi connectivity index (χ4n) is 1.92. The number of unbranched alkanes of at least 4 members (excludes halogenated alkanes) is 9. The molecule has 0 heterocycles. The largest absolute Gasteiger partial charge is 0.302 e. The van der Waals surface area contributed by atoms with E-state index in [0.29, 0.717) is 0 Å². The summed E-state index contributed by atoms with van der Waals surface area (Å²) in [6.45, 7) is 4.17. The maximum absolute atomic E-state index is 10.9. The van der Waals surface area contributed by atoms with Gasteiger partial charge < -0.3 is 4.80 Å². The SMILES string of the molecule is CCCCCCCCCCCC[SiH](C)[O]. The van der Waals surface area contributed by atoms with Crippen molar-refractivity contribution in [1.82, 2.24) is 0 Å². The molecule has 0 fully saturated rings. The molecule has 0 aliphatic heterocycles. The lowest BCUT2D eigenvalue weighted by Crippen LogP contribution is -2.01. The second kappa shape index (κ2) is 12.2. The summed E-state index contributed by atoms with van der Waals surface area (Å²) in [4.78, 5) is 10.9. The van der Waals surface area contributed by atoms with E-state index in [1.54, 1.807) is 0 Å². The molecule has 0 amide bonds. The molecule has 0 saturated carbocycles. The second-order valence-electron chi connectivity index (χ2n) is 4.78. The summed E-state index contributed by atoms with van der Waals surface area (Å²) >= 11 is 0. The molecule has 0 aliphatic rings. The zero-order valence-corrected chi connectivity index (χ0v) is 11.9. The van der Waals surface area contributed by atoms with Crippen LogP contribution in [0.15, 0.2) is 0 Å². The van der Waals surface area contributed by atoms with E-state index >= 15 is 0 Å². The highest BCUT2D eigenvalue weighted by Gasteiger charge is 1.99. The van der Waals surface area contributed by atoms with Gasteiger partial charge in [0.15, 0.2) is 0 Å². The van der Waals surface area contributed by atoms with Crippen LogP contribution in [0.2, 0.25) is 12.6 Å². The van der Waals surface area contributed by atoms with Crippen molar-refractivity contribution in [2.45, 2.75) is 83.7 Å². The van der Waals surface area contributed by atoms with Crippen LogP contribution in [0, 0.1) is 0 Å². The van der Waals surface area contributed by atoms with Crippen molar-refractivity contribution < 1.29 is 4.80 Å². The van der Waals surface area contributed by atoms with Crippen molar-refractivity contribution in [3.63, 3.8) is 0 Å². The van der Waals surface area contributed by atoms with Crippen molar-refractivity contribution in [1.29, 1.82) is 0 Å². The maximum Gasteiger partial charge on any atom is 0.219 e. The van der Waals surface area contributed by atoms with Crippen LogP contribution in [-0.2, 0) is 4.80 Å². The van der Waals surface area contributed by atoms with E-state index in [0.717, 1.165) is 6.04 Å². The van der Waals surface area contributed by atoms with Gasteiger partial charge in [0.25, 0.3) is 0 Å². The lowest BCUT2D eigenvalue weighted by Gasteiger charge is -2.02. The molecule has 0 bridgehead atoms. The summed E-state index contributed by atoms with van der Waals surface area (Å²) in [6, 6.07) is 1.01. The third kappa shape index (κ3) is 14.2. The summed E-state index contributed by atoms with van der Waals surface area (Å²) in [7, 11) is -1.50. The van der Waals surface area contributed by atoms with Crippen LogP contribution in [0.25, 0.3) is 0 Å². The molecule has 15 heavy (non-hydrogen) atoms. The van der Waals surface area contributed by atoms with Gasteiger partial charge in [0.05, 0.1) is 0 Å². The van der Waals surface area contributed by atoms with E-state index in [1.165, 1.54) is 64.2 Å². The Morgan fingerprint density at radius 1 is 0.733 bits per heavy atom. The van der Waals surface area contributed by atoms with Crippen molar-refractivity contribution in [2.75, 3.05) is 0 Å². The number of hydrogen-bond donors (Lipinski definition) is 0. The molecule has 0 aliphatic carbocycles. The van der Waals surface area contributed by atoms with Crippen LogP contribution >= 0.6 is 0 Å². The lowest BCUT2D eigenvalue weighted by molar-refractivity contribution is 0.447. The standard InChI is InChI=1S/C13H29OSi/c1-3-4-5-6-7-8-9-10-11-12-13-15(2)14/h15H,3-13H2,1-2H3. The Balaban J connectivity index is 2.87. The van der Waals surface area contributed by atoms with Gasteiger partial charge in [0, 0.05) is 0 Å². The minimum atomic E-state index is -1.50. The van der Waals surface area contributed by atoms with Crippen LogP contribution in [0.5, 0.6) is 0 Å². The van der Waals surface area contributed by atoms with E-state index in [1.807, 2.05) is 6.55 Å². The topological polar surface area (TPSA) is 19.9 Å². The molecule has 1 nitrogen and oxygen atoms in total. The number of rotatable bonds is 11. The lowest BCUT2D eigenvalue weighted by atomic mass is 10.1. The first-order valence-corrected chi connectivity index (χ1v) is 9.37. The minimum absolute atomic E-state index is 1.01. The predicted molar refractivity (Wildman–Crippen MR) is 70.4 cm³/mol. The van der Waals surface area contributed by atoms with Gasteiger partial charge in [-0.25, -0.2) is 0 Å². The molecule has 0 aromatic carbocycles. The van der Waals surface area contributed by atoms with Crippen LogP contribution in [-0.4, -0.2) is 9.04 Å². The molecule has 0 aromatic rings. The molecule has 1 unspecified atom stereocenters. The van der Waals surface area contributed by atoms with Crippen molar-refractivity contribution in [3.05, 3.63) is 0 Å². The highest BCUT2D eigenvalue weighted by atomic mass is 28.3. The van der Waals surface area contributed by atoms with Gasteiger partial charge in [-0.15, -0.1) is 0 Å². The Bertz CT molecular complexity index is 115. The normalized spacial score (nSPS) is 13.0. The summed E-state index contributed by atoms with van der Waals surface area (Å²) in [5.74, 6) is 0. The fourth-order valence-corrected chi connectivity index (χ4v) is 2.78. The van der Waals surface area contributed by atoms with E-state index in [-0.39, 0.29) is 0 Å². The van der Waals surface area contributed by atoms with Crippen LogP contribution in [0.4, 0.5) is 0 Å². The molecule has 0 aromatic heterocycles. The fraction of sp³-hybridized carbons (Fsp3) is 1.00. The van der Waals surface area contributed by atoms with Gasteiger partial charge in [-0.2, -0.15) is 0 Å². The average Bonchev–Trinajstić information content (AvgIpc) is 2.20. The Morgan fingerprint density at radius 3 is 1.53 bits per heavy atom. The first kappa shape index (κ1) is 15.2. The monoisotopic (exact) mass is 229 g/mol. The summed E-state index contributed by atoms with van der Waals surface area (Å²) in [5.41, 5.74) is 0. The maximum atomic E-state index is 10.9. The highest BCUT2D eigenvalue weighted by molar-refractivity contribution is 6.48. The average molecular weight is 229 g/mol. The first-order chi connectivity index (χ1) is 7.27. The molecule has 0 spiro atoms. The third-order valence-corrected chi connectivity index (χ3v) is 4.19. The van der Waals surface area contributed by atoms with Crippen LogP contribution in [0.1, 0.15) is 71.1 Å². The smallest absolute Gasteiger partial charge is 0.219 e. The van der Waals surface area contributed by atoms with Gasteiger partial charge >= 0.3 is 0 Å². The minimum Gasteiger partial charge on any atom is -0.302 e. The zero-order valence-electron chi connectivity index (χ0n) is 10.8. The molecular weight excluding hydrogens is 200 g/mol. The third-order valence-electron chi connectivity index (χ3n) is 2.96. The summed E-state index contributed by atoms with van der Waals surface area (Å²) < 4.78 is 0. The summed E-state index contributed by atoms with van der Waals surface area (Å²) in [6.07, 6.45) is 13.7. The van der Waals surface area contributed by atoms with E-state index < -0.39 is 9.04 Å². The van der Waals surface area contributed by atoms with Gasteiger partial charge in [-0.05, 0) is 12.6 Å². The Kier molecular flexibility index (Phi) is 12.4. The molecule has 0 saturated heterocycles. The predicted octanol–water partition coefficient (Wildman–Crippen LogP) is 4.69. The quantitative estimate of drug-likeness (QED) is 0.362. The van der Waals surface area contributed by atoms with E-state index in [4.69, 9.17) is 0 Å². The van der Waals surface area contributed by atoms with Crippen molar-refractivity contribution >= 4 is 9.04 Å². The zero-order chi connectivity index (χ0) is 11.4. The van der Waals surface area contributed by atoms with Crippen molar-refractivity contribution in [2.24, 2.45) is 0 Å². The van der Waals surface area contributed by atoms with Gasteiger partial charge in [-0.3, -0.25) is 0 Å². The summed E-state index contributed by atoms with van der Waals surface area (Å²) in [5, 5.41) is 0. The molecule has 0 N–H and O–H groups in total. The second-order valence-corrected chi connectivity index (χ2v) is 6.98. The van der Waals surface area contributed by atoms with Gasteiger partial charge in [0.1, 0.15) is 0 Å².